The number of halogens is 1. The van der Waals surface area contributed by atoms with Crippen LogP contribution in [-0.4, -0.2) is 46.4 Å². The fourth-order valence-corrected chi connectivity index (χ4v) is 3.26. The van der Waals surface area contributed by atoms with Gasteiger partial charge in [-0.2, -0.15) is 0 Å². The Hall–Kier alpha value is -2.70. The Morgan fingerprint density at radius 2 is 1.86 bits per heavy atom. The first-order valence-electron chi connectivity index (χ1n) is 8.94. The molecule has 1 fully saturated rings. The molecule has 1 aliphatic rings. The van der Waals surface area contributed by atoms with Crippen molar-refractivity contribution in [2.45, 2.75) is 0 Å². The van der Waals surface area contributed by atoms with Crippen LogP contribution in [0.3, 0.4) is 0 Å². The Bertz CT molecular complexity index is 863. The number of hydrogen-bond donors (Lipinski definition) is 1. The van der Waals surface area contributed by atoms with E-state index in [9.17, 15) is 4.79 Å². The molecule has 1 saturated heterocycles. The van der Waals surface area contributed by atoms with Crippen LogP contribution in [0.4, 0.5) is 11.4 Å². The van der Waals surface area contributed by atoms with Crippen LogP contribution in [0.15, 0.2) is 42.5 Å². The van der Waals surface area contributed by atoms with E-state index in [1.165, 1.54) is 6.08 Å². The number of anilines is 2. The van der Waals surface area contributed by atoms with Crippen molar-refractivity contribution < 1.29 is 19.0 Å². The van der Waals surface area contributed by atoms with E-state index in [-0.39, 0.29) is 5.91 Å². The number of rotatable bonds is 6. The molecule has 1 heterocycles. The first-order chi connectivity index (χ1) is 13.6. The van der Waals surface area contributed by atoms with E-state index in [0.717, 1.165) is 24.3 Å². The van der Waals surface area contributed by atoms with Gasteiger partial charge in [0.15, 0.2) is 11.5 Å². The van der Waals surface area contributed by atoms with Gasteiger partial charge in [0.1, 0.15) is 0 Å². The van der Waals surface area contributed by atoms with Crippen molar-refractivity contribution in [3.8, 4) is 11.5 Å². The van der Waals surface area contributed by atoms with Crippen LogP contribution in [0.25, 0.3) is 6.08 Å². The second-order valence-electron chi connectivity index (χ2n) is 6.20. The minimum Gasteiger partial charge on any atom is -0.493 e. The van der Waals surface area contributed by atoms with Crippen molar-refractivity contribution in [2.75, 3.05) is 50.7 Å². The normalized spacial score (nSPS) is 14.2. The number of ether oxygens (including phenoxy) is 3. The van der Waals surface area contributed by atoms with Crippen LogP contribution in [0.2, 0.25) is 5.02 Å². The van der Waals surface area contributed by atoms with Gasteiger partial charge in [-0.05, 0) is 42.0 Å². The van der Waals surface area contributed by atoms with E-state index >= 15 is 0 Å². The molecular formula is C21H23ClN2O4. The van der Waals surface area contributed by atoms with Gasteiger partial charge in [-0.1, -0.05) is 17.7 Å². The van der Waals surface area contributed by atoms with E-state index in [0.29, 0.717) is 35.4 Å². The molecule has 28 heavy (non-hydrogen) atoms. The molecule has 7 heteroatoms. The maximum absolute atomic E-state index is 12.2. The molecule has 1 aliphatic heterocycles. The van der Waals surface area contributed by atoms with Crippen molar-refractivity contribution in [3.63, 3.8) is 0 Å². The molecule has 2 aromatic carbocycles. The highest BCUT2D eigenvalue weighted by Crippen LogP contribution is 2.30. The fraction of sp³-hybridized carbons (Fsp3) is 0.286. The van der Waals surface area contributed by atoms with Crippen LogP contribution < -0.4 is 19.7 Å². The van der Waals surface area contributed by atoms with Crippen molar-refractivity contribution in [1.29, 1.82) is 0 Å². The van der Waals surface area contributed by atoms with E-state index in [1.54, 1.807) is 38.5 Å². The summed E-state index contributed by atoms with van der Waals surface area (Å²) in [6.45, 7) is 2.99. The van der Waals surface area contributed by atoms with Gasteiger partial charge < -0.3 is 24.4 Å². The van der Waals surface area contributed by atoms with Gasteiger partial charge in [-0.3, -0.25) is 4.79 Å². The molecule has 0 unspecified atom stereocenters. The molecule has 6 nitrogen and oxygen atoms in total. The third-order valence-corrected chi connectivity index (χ3v) is 4.70. The molecule has 0 atom stereocenters. The summed E-state index contributed by atoms with van der Waals surface area (Å²) in [5.74, 6) is 1.000. The highest BCUT2D eigenvalue weighted by Gasteiger charge is 2.14. The smallest absolute Gasteiger partial charge is 0.248 e. The van der Waals surface area contributed by atoms with E-state index in [1.807, 2.05) is 18.2 Å². The summed E-state index contributed by atoms with van der Waals surface area (Å²) in [5.41, 5.74) is 2.42. The van der Waals surface area contributed by atoms with Crippen LogP contribution in [0, 0.1) is 0 Å². The predicted molar refractivity (Wildman–Crippen MR) is 112 cm³/mol. The number of hydrogen-bond acceptors (Lipinski definition) is 5. The SMILES string of the molecule is COc1ccc(C=CC(=O)Nc2ccc(N3CCOCC3)c(Cl)c2)cc1OC. The first-order valence-corrected chi connectivity index (χ1v) is 9.32. The number of methoxy groups -OCH3 is 2. The van der Waals surface area contributed by atoms with Crippen molar-refractivity contribution in [1.82, 2.24) is 0 Å². The lowest BCUT2D eigenvalue weighted by Crippen LogP contribution is -2.36. The number of nitrogens with one attached hydrogen (secondary N) is 1. The minimum absolute atomic E-state index is 0.245. The lowest BCUT2D eigenvalue weighted by atomic mass is 10.2. The zero-order valence-corrected chi connectivity index (χ0v) is 16.7. The number of carbonyl (C=O) groups is 1. The highest BCUT2D eigenvalue weighted by molar-refractivity contribution is 6.33. The maximum Gasteiger partial charge on any atom is 0.248 e. The lowest BCUT2D eigenvalue weighted by molar-refractivity contribution is -0.111. The Morgan fingerprint density at radius 1 is 1.11 bits per heavy atom. The number of nitrogens with zero attached hydrogens (tertiary/aromatic N) is 1. The highest BCUT2D eigenvalue weighted by atomic mass is 35.5. The van der Waals surface area contributed by atoms with Crippen LogP contribution in [0.1, 0.15) is 5.56 Å². The Morgan fingerprint density at radius 3 is 2.54 bits per heavy atom. The molecule has 1 N–H and O–H groups in total. The number of benzene rings is 2. The Balaban J connectivity index is 1.64. The molecular weight excluding hydrogens is 380 g/mol. The van der Waals surface area contributed by atoms with Crippen LogP contribution in [0.5, 0.6) is 11.5 Å². The minimum atomic E-state index is -0.245. The summed E-state index contributed by atoms with van der Waals surface area (Å²) < 4.78 is 15.8. The second-order valence-corrected chi connectivity index (χ2v) is 6.61. The average molecular weight is 403 g/mol. The third-order valence-electron chi connectivity index (χ3n) is 4.40. The van der Waals surface area contributed by atoms with Gasteiger partial charge >= 0.3 is 0 Å². The molecule has 0 bridgehead atoms. The van der Waals surface area contributed by atoms with Gasteiger partial charge in [0.2, 0.25) is 5.91 Å². The summed E-state index contributed by atoms with van der Waals surface area (Å²) in [4.78, 5) is 14.4. The van der Waals surface area contributed by atoms with Gasteiger partial charge in [-0.25, -0.2) is 0 Å². The standard InChI is InChI=1S/C21H23ClN2O4/c1-26-19-7-3-15(13-20(19)27-2)4-8-21(25)23-16-5-6-18(17(22)14-16)24-9-11-28-12-10-24/h3-8,13-14H,9-12H2,1-2H3,(H,23,25). The van der Waals surface area contributed by atoms with E-state index in [4.69, 9.17) is 25.8 Å². The van der Waals surface area contributed by atoms with Gasteiger partial charge in [0.25, 0.3) is 0 Å². The second kappa shape index (κ2) is 9.48. The van der Waals surface area contributed by atoms with Crippen LogP contribution in [-0.2, 0) is 9.53 Å². The van der Waals surface area contributed by atoms with E-state index < -0.39 is 0 Å². The molecule has 2 aromatic rings. The number of amides is 1. The Kier molecular flexibility index (Phi) is 6.79. The number of carbonyl (C=O) groups excluding carboxylic acids is 1. The fourth-order valence-electron chi connectivity index (χ4n) is 2.96. The third kappa shape index (κ3) is 4.97. The molecule has 0 spiro atoms. The monoisotopic (exact) mass is 402 g/mol. The molecule has 1 amide bonds. The molecule has 0 aliphatic carbocycles. The van der Waals surface area contributed by atoms with Gasteiger partial charge in [0, 0.05) is 24.9 Å². The summed E-state index contributed by atoms with van der Waals surface area (Å²) >= 11 is 6.40. The Labute approximate surface area is 169 Å². The van der Waals surface area contributed by atoms with Crippen LogP contribution >= 0.6 is 11.6 Å². The first kappa shape index (κ1) is 20.0. The topological polar surface area (TPSA) is 60.0 Å². The quantitative estimate of drug-likeness (QED) is 0.744. The molecule has 3 rings (SSSR count). The summed E-state index contributed by atoms with van der Waals surface area (Å²) in [6, 6.07) is 11.0. The van der Waals surface area contributed by atoms with Crippen molar-refractivity contribution in [3.05, 3.63) is 53.1 Å². The molecule has 0 radical (unpaired) electrons. The lowest BCUT2D eigenvalue weighted by Gasteiger charge is -2.29. The molecule has 0 saturated carbocycles. The zero-order chi connectivity index (χ0) is 19.9. The van der Waals surface area contributed by atoms with Gasteiger partial charge in [0.05, 0.1) is 38.1 Å². The van der Waals surface area contributed by atoms with E-state index in [2.05, 4.69) is 10.2 Å². The zero-order valence-electron chi connectivity index (χ0n) is 15.9. The van der Waals surface area contributed by atoms with Gasteiger partial charge in [-0.15, -0.1) is 0 Å². The maximum atomic E-state index is 12.2. The average Bonchev–Trinajstić information content (AvgIpc) is 2.72. The van der Waals surface area contributed by atoms with Crippen molar-refractivity contribution >= 4 is 35.0 Å². The molecule has 0 aromatic heterocycles. The predicted octanol–water partition coefficient (Wildman–Crippen LogP) is 3.85. The summed E-state index contributed by atoms with van der Waals surface area (Å²) in [6.07, 6.45) is 3.17. The molecule has 148 valence electrons. The number of morpholine rings is 1. The van der Waals surface area contributed by atoms with Crippen molar-refractivity contribution in [2.24, 2.45) is 0 Å². The largest absolute Gasteiger partial charge is 0.493 e. The summed E-state index contributed by atoms with van der Waals surface area (Å²) in [7, 11) is 3.15. The summed E-state index contributed by atoms with van der Waals surface area (Å²) in [5, 5.41) is 3.43.